The number of aliphatic hydroxyl groups is 2. The minimum absolute atomic E-state index is 0.0283. The second-order valence-electron chi connectivity index (χ2n) is 17.8. The Morgan fingerprint density at radius 2 is 0.969 bits per heavy atom. The second kappa shape index (κ2) is 42.3. The lowest BCUT2D eigenvalue weighted by molar-refractivity contribution is -0.301. The first-order valence-electron chi connectivity index (χ1n) is 26.0. The Morgan fingerprint density at radius 1 is 0.523 bits per heavy atom. The van der Waals surface area contributed by atoms with Crippen molar-refractivity contribution in [1.29, 1.82) is 0 Å². The fourth-order valence-corrected chi connectivity index (χ4v) is 7.73. The molecule has 0 amide bonds. The second-order valence-corrected chi connectivity index (χ2v) is 17.8. The summed E-state index contributed by atoms with van der Waals surface area (Å²) >= 11 is 0. The van der Waals surface area contributed by atoms with Crippen LogP contribution in [0.15, 0.2) is 36.5 Å². The van der Waals surface area contributed by atoms with E-state index >= 15 is 0 Å². The third kappa shape index (κ3) is 33.1. The number of aliphatic carboxylic acids is 1. The molecule has 1 saturated heterocycles. The van der Waals surface area contributed by atoms with Gasteiger partial charge in [-0.25, -0.2) is 4.79 Å². The van der Waals surface area contributed by atoms with E-state index in [4.69, 9.17) is 23.7 Å². The van der Waals surface area contributed by atoms with Gasteiger partial charge in [0.05, 0.1) is 6.61 Å². The molecule has 0 bridgehead atoms. The zero-order valence-electron chi connectivity index (χ0n) is 41.0. The molecule has 1 fully saturated rings. The molecule has 0 radical (unpaired) electrons. The van der Waals surface area contributed by atoms with Crippen LogP contribution in [0.25, 0.3) is 0 Å². The molecule has 0 aromatic carbocycles. The fraction of sp³-hybridized carbons (Fsp3) is 0.811. The minimum atomic E-state index is -1.91. The van der Waals surface area contributed by atoms with Gasteiger partial charge in [-0.05, 0) is 51.4 Å². The van der Waals surface area contributed by atoms with Crippen molar-refractivity contribution in [1.82, 2.24) is 0 Å². The highest BCUT2D eigenvalue weighted by atomic mass is 16.7. The van der Waals surface area contributed by atoms with E-state index in [0.717, 1.165) is 77.0 Å². The Hall–Kier alpha value is -3.06. The van der Waals surface area contributed by atoms with Crippen molar-refractivity contribution in [2.45, 2.75) is 263 Å². The summed E-state index contributed by atoms with van der Waals surface area (Å²) in [5.74, 6) is -3.14. The van der Waals surface area contributed by atoms with Crippen molar-refractivity contribution < 1.29 is 58.2 Å². The number of hydrogen-bond donors (Lipinski definition) is 3. The maximum absolute atomic E-state index is 13.0. The van der Waals surface area contributed by atoms with Crippen molar-refractivity contribution in [3.05, 3.63) is 36.5 Å². The zero-order valence-corrected chi connectivity index (χ0v) is 41.0. The fourth-order valence-electron chi connectivity index (χ4n) is 7.73. The van der Waals surface area contributed by atoms with E-state index in [0.29, 0.717) is 19.3 Å². The monoisotopic (exact) mass is 921 g/mol. The lowest BCUT2D eigenvalue weighted by atomic mass is 9.98. The summed E-state index contributed by atoms with van der Waals surface area (Å²) in [4.78, 5) is 50.7. The molecular weight excluding hydrogens is 829 g/mol. The molecule has 1 heterocycles. The number of unbranched alkanes of at least 4 members (excludes halogenated alkanes) is 23. The molecule has 6 unspecified atom stereocenters. The van der Waals surface area contributed by atoms with E-state index in [9.17, 15) is 34.5 Å². The number of hydrogen-bond acceptors (Lipinski definition) is 11. The van der Waals surface area contributed by atoms with Crippen LogP contribution in [0.5, 0.6) is 0 Å². The summed E-state index contributed by atoms with van der Waals surface area (Å²) in [6.45, 7) is 5.82. The molecule has 0 aromatic heterocycles. The third-order valence-corrected chi connectivity index (χ3v) is 11.7. The van der Waals surface area contributed by atoms with Crippen molar-refractivity contribution in [2.75, 3.05) is 13.2 Å². The number of aliphatic hydroxyl groups excluding tert-OH is 2. The lowest BCUT2D eigenvalue weighted by Crippen LogP contribution is -2.61. The summed E-state index contributed by atoms with van der Waals surface area (Å²) in [6, 6.07) is 0. The highest BCUT2D eigenvalue weighted by Crippen LogP contribution is 2.26. The van der Waals surface area contributed by atoms with Crippen LogP contribution in [0.4, 0.5) is 0 Å². The molecule has 0 aliphatic carbocycles. The van der Waals surface area contributed by atoms with Crippen molar-refractivity contribution in [3.63, 3.8) is 0 Å². The number of ether oxygens (including phenoxy) is 5. The van der Waals surface area contributed by atoms with Gasteiger partial charge in [-0.3, -0.25) is 14.4 Å². The van der Waals surface area contributed by atoms with E-state index in [2.05, 4.69) is 57.2 Å². The number of allylic oxidation sites excluding steroid dienone is 6. The van der Waals surface area contributed by atoms with Crippen LogP contribution in [0, 0.1) is 0 Å². The first kappa shape index (κ1) is 60.0. The van der Waals surface area contributed by atoms with Gasteiger partial charge in [0.2, 0.25) is 0 Å². The summed E-state index contributed by atoms with van der Waals surface area (Å²) in [5, 5.41) is 31.3. The lowest BCUT2D eigenvalue weighted by Gasteiger charge is -2.40. The molecule has 1 rings (SSSR count). The number of rotatable bonds is 43. The maximum atomic E-state index is 13.0. The van der Waals surface area contributed by atoms with Crippen LogP contribution in [0.3, 0.4) is 0 Å². The number of carboxylic acids is 1. The highest BCUT2D eigenvalue weighted by molar-refractivity contribution is 5.74. The van der Waals surface area contributed by atoms with Gasteiger partial charge in [0.25, 0.3) is 0 Å². The largest absolute Gasteiger partial charge is 0.479 e. The summed E-state index contributed by atoms with van der Waals surface area (Å²) in [6.07, 6.45) is 34.3. The SMILES string of the molecule is CC/C=C\C/C=C\C/C=C\CCCCCC(=O)OC1C(OCC(COC(=O)CCCCCCCCCCCCC)OC(=O)CCCCCCCCCCCCC)OC(C(=O)O)C(O)C1O. The number of carbonyl (C=O) groups is 4. The van der Waals surface area contributed by atoms with Crippen molar-refractivity contribution in [3.8, 4) is 0 Å². The molecule has 3 N–H and O–H groups in total. The van der Waals surface area contributed by atoms with Crippen LogP contribution in [-0.4, -0.2) is 89.2 Å². The Balaban J connectivity index is 2.75. The summed E-state index contributed by atoms with van der Waals surface area (Å²) in [7, 11) is 0. The topological polar surface area (TPSA) is 175 Å². The Morgan fingerprint density at radius 3 is 1.48 bits per heavy atom. The van der Waals surface area contributed by atoms with E-state index in [1.165, 1.54) is 89.9 Å². The van der Waals surface area contributed by atoms with Gasteiger partial charge in [-0.15, -0.1) is 0 Å². The first-order valence-corrected chi connectivity index (χ1v) is 26.0. The molecule has 1 aliphatic heterocycles. The predicted octanol–water partition coefficient (Wildman–Crippen LogP) is 12.1. The molecule has 0 spiro atoms. The van der Waals surface area contributed by atoms with Crippen LogP contribution >= 0.6 is 0 Å². The average Bonchev–Trinajstić information content (AvgIpc) is 3.29. The van der Waals surface area contributed by atoms with Crippen LogP contribution in [0.1, 0.15) is 226 Å². The van der Waals surface area contributed by atoms with E-state index < -0.39 is 67.3 Å². The maximum Gasteiger partial charge on any atom is 0.335 e. The van der Waals surface area contributed by atoms with Gasteiger partial charge in [0, 0.05) is 19.3 Å². The molecule has 12 heteroatoms. The predicted molar refractivity (Wildman–Crippen MR) is 257 cm³/mol. The van der Waals surface area contributed by atoms with Crippen molar-refractivity contribution in [2.24, 2.45) is 0 Å². The van der Waals surface area contributed by atoms with E-state index in [1.807, 2.05) is 0 Å². The van der Waals surface area contributed by atoms with Crippen LogP contribution < -0.4 is 0 Å². The van der Waals surface area contributed by atoms with Gasteiger partial charge < -0.3 is 39.0 Å². The molecule has 12 nitrogen and oxygen atoms in total. The van der Waals surface area contributed by atoms with E-state index in [1.54, 1.807) is 0 Å². The smallest absolute Gasteiger partial charge is 0.335 e. The van der Waals surface area contributed by atoms with Gasteiger partial charge in [-0.1, -0.05) is 192 Å². The number of esters is 3. The Kier molecular flexibility index (Phi) is 39.0. The zero-order chi connectivity index (χ0) is 47.6. The van der Waals surface area contributed by atoms with Gasteiger partial charge >= 0.3 is 23.9 Å². The van der Waals surface area contributed by atoms with Crippen molar-refractivity contribution >= 4 is 23.9 Å². The first-order chi connectivity index (χ1) is 31.6. The van der Waals surface area contributed by atoms with Gasteiger partial charge in [0.1, 0.15) is 18.8 Å². The Bertz CT molecular complexity index is 1280. The average molecular weight is 921 g/mol. The number of carbonyl (C=O) groups excluding carboxylic acids is 3. The summed E-state index contributed by atoms with van der Waals surface area (Å²) < 4.78 is 28.2. The number of carboxylic acid groups (broad SMARTS) is 1. The van der Waals surface area contributed by atoms with E-state index in [-0.39, 0.29) is 25.9 Å². The Labute approximate surface area is 393 Å². The molecule has 1 aliphatic rings. The molecule has 65 heavy (non-hydrogen) atoms. The molecular formula is C53H92O12. The molecule has 6 atom stereocenters. The normalized spacial score (nSPS) is 19.3. The van der Waals surface area contributed by atoms with Crippen LogP contribution in [0.2, 0.25) is 0 Å². The quantitative estimate of drug-likeness (QED) is 0.0229. The molecule has 376 valence electrons. The highest BCUT2D eigenvalue weighted by Gasteiger charge is 2.50. The molecule has 0 saturated carbocycles. The summed E-state index contributed by atoms with van der Waals surface area (Å²) in [5.41, 5.74) is 0. The van der Waals surface area contributed by atoms with Gasteiger partial charge in [0.15, 0.2) is 24.6 Å². The van der Waals surface area contributed by atoms with Crippen LogP contribution in [-0.2, 0) is 42.9 Å². The van der Waals surface area contributed by atoms with Gasteiger partial charge in [-0.2, -0.15) is 0 Å². The minimum Gasteiger partial charge on any atom is -0.479 e. The third-order valence-electron chi connectivity index (χ3n) is 11.7. The standard InChI is InChI=1S/C53H92O12/c1-4-7-10-13-16-19-22-23-26-29-32-35-38-41-47(56)64-51-49(58)48(57)50(52(59)60)65-53(51)62-43-44(63-46(55)40-37-34-31-28-25-21-18-15-12-9-6-3)42-61-45(54)39-36-33-30-27-24-20-17-14-11-8-5-2/h7,10,16,19,23,26,44,48-51,53,57-58H,4-6,8-9,11-15,17-18,20-22,24-25,27-43H2,1-3H3,(H,59,60)/b10-7-,19-16-,26-23-. The molecule has 0 aromatic rings.